The molecule has 2 heteroatoms. The molecule has 0 saturated carbocycles. The van der Waals surface area contributed by atoms with Gasteiger partial charge < -0.3 is 10.6 Å². The van der Waals surface area contributed by atoms with E-state index in [0.29, 0.717) is 5.41 Å². The first-order valence-corrected chi connectivity index (χ1v) is 7.04. The largest absolute Gasteiger partial charge is 0.320 e. The first kappa shape index (κ1) is 15.9. The minimum absolute atomic E-state index is 0.561. The van der Waals surface area contributed by atoms with Crippen molar-refractivity contribution in [3.63, 3.8) is 0 Å². The van der Waals surface area contributed by atoms with Gasteiger partial charge in [0, 0.05) is 6.54 Å². The molecule has 0 aromatic carbocycles. The van der Waals surface area contributed by atoms with Crippen LogP contribution in [0.15, 0.2) is 0 Å². The predicted molar refractivity (Wildman–Crippen MR) is 74.0 cm³/mol. The van der Waals surface area contributed by atoms with Gasteiger partial charge in [-0.2, -0.15) is 0 Å². The van der Waals surface area contributed by atoms with Gasteiger partial charge in [0.15, 0.2) is 0 Å². The summed E-state index contributed by atoms with van der Waals surface area (Å²) in [5.74, 6) is 0. The zero-order valence-electron chi connectivity index (χ0n) is 11.9. The average Bonchev–Trinajstić information content (AvgIpc) is 2.26. The summed E-state index contributed by atoms with van der Waals surface area (Å²) in [5.41, 5.74) is 0.561. The SMILES string of the molecule is CCCC(CCC)(CCCCNC)CNC. The van der Waals surface area contributed by atoms with Gasteiger partial charge in [-0.1, -0.05) is 33.1 Å². The number of hydrogen-bond acceptors (Lipinski definition) is 2. The summed E-state index contributed by atoms with van der Waals surface area (Å²) >= 11 is 0. The van der Waals surface area contributed by atoms with Crippen molar-refractivity contribution >= 4 is 0 Å². The summed E-state index contributed by atoms with van der Waals surface area (Å²) in [4.78, 5) is 0. The minimum atomic E-state index is 0.561. The fourth-order valence-corrected chi connectivity index (χ4v) is 2.88. The summed E-state index contributed by atoms with van der Waals surface area (Å²) < 4.78 is 0. The fraction of sp³-hybridized carbons (Fsp3) is 1.00. The van der Waals surface area contributed by atoms with Crippen LogP contribution in [0.4, 0.5) is 0 Å². The van der Waals surface area contributed by atoms with Crippen molar-refractivity contribution < 1.29 is 0 Å². The molecule has 0 aromatic rings. The highest BCUT2D eigenvalue weighted by Gasteiger charge is 2.26. The highest BCUT2D eigenvalue weighted by Crippen LogP contribution is 2.34. The third kappa shape index (κ3) is 6.49. The van der Waals surface area contributed by atoms with Gasteiger partial charge in [0.2, 0.25) is 0 Å². The topological polar surface area (TPSA) is 24.1 Å². The van der Waals surface area contributed by atoms with Gasteiger partial charge in [0.1, 0.15) is 0 Å². The van der Waals surface area contributed by atoms with Gasteiger partial charge in [0.05, 0.1) is 0 Å². The second kappa shape index (κ2) is 10.1. The van der Waals surface area contributed by atoms with Crippen molar-refractivity contribution in [3.05, 3.63) is 0 Å². The maximum absolute atomic E-state index is 3.40. The van der Waals surface area contributed by atoms with Crippen LogP contribution in [0.5, 0.6) is 0 Å². The van der Waals surface area contributed by atoms with Crippen molar-refractivity contribution in [1.82, 2.24) is 10.6 Å². The Labute approximate surface area is 103 Å². The monoisotopic (exact) mass is 228 g/mol. The fourth-order valence-electron chi connectivity index (χ4n) is 2.88. The molecular formula is C14H32N2. The van der Waals surface area contributed by atoms with Crippen LogP contribution in [0.1, 0.15) is 58.8 Å². The Bertz CT molecular complexity index is 129. The molecular weight excluding hydrogens is 196 g/mol. The highest BCUT2D eigenvalue weighted by atomic mass is 14.8. The predicted octanol–water partition coefficient (Wildman–Crippen LogP) is 3.18. The van der Waals surface area contributed by atoms with Gasteiger partial charge in [-0.15, -0.1) is 0 Å². The van der Waals surface area contributed by atoms with Crippen molar-refractivity contribution in [1.29, 1.82) is 0 Å². The molecule has 0 aliphatic carbocycles. The zero-order valence-corrected chi connectivity index (χ0v) is 11.9. The average molecular weight is 228 g/mol. The van der Waals surface area contributed by atoms with Crippen LogP contribution in [0.3, 0.4) is 0 Å². The first-order chi connectivity index (χ1) is 7.74. The lowest BCUT2D eigenvalue weighted by molar-refractivity contribution is 0.202. The van der Waals surface area contributed by atoms with E-state index in [-0.39, 0.29) is 0 Å². The van der Waals surface area contributed by atoms with Crippen LogP contribution in [0, 0.1) is 5.41 Å². The Morgan fingerprint density at radius 2 is 1.44 bits per heavy atom. The highest BCUT2D eigenvalue weighted by molar-refractivity contribution is 4.80. The Hall–Kier alpha value is -0.0800. The lowest BCUT2D eigenvalue weighted by atomic mass is 9.75. The Kier molecular flexibility index (Phi) is 10.0. The van der Waals surface area contributed by atoms with Gasteiger partial charge in [-0.3, -0.25) is 0 Å². The molecule has 0 fully saturated rings. The molecule has 16 heavy (non-hydrogen) atoms. The second-order valence-corrected chi connectivity index (χ2v) is 5.09. The molecule has 0 atom stereocenters. The molecule has 0 unspecified atom stereocenters. The van der Waals surface area contributed by atoms with E-state index in [1.807, 2.05) is 7.05 Å². The smallest absolute Gasteiger partial charge is 0.000480 e. The Morgan fingerprint density at radius 3 is 1.88 bits per heavy atom. The molecule has 0 spiro atoms. The molecule has 98 valence electrons. The van der Waals surface area contributed by atoms with Crippen LogP contribution < -0.4 is 10.6 Å². The molecule has 2 nitrogen and oxygen atoms in total. The molecule has 0 rings (SSSR count). The van der Waals surface area contributed by atoms with Crippen molar-refractivity contribution in [2.24, 2.45) is 5.41 Å². The number of hydrogen-bond donors (Lipinski definition) is 2. The molecule has 0 radical (unpaired) electrons. The van der Waals surface area contributed by atoms with E-state index >= 15 is 0 Å². The summed E-state index contributed by atoms with van der Waals surface area (Å²) in [7, 11) is 4.13. The van der Waals surface area contributed by atoms with Crippen molar-refractivity contribution in [2.75, 3.05) is 27.2 Å². The third-order valence-corrected chi connectivity index (χ3v) is 3.50. The minimum Gasteiger partial charge on any atom is -0.320 e. The molecule has 2 N–H and O–H groups in total. The van der Waals surface area contributed by atoms with E-state index in [2.05, 4.69) is 31.5 Å². The van der Waals surface area contributed by atoms with E-state index in [0.717, 1.165) is 6.54 Å². The van der Waals surface area contributed by atoms with E-state index in [4.69, 9.17) is 0 Å². The second-order valence-electron chi connectivity index (χ2n) is 5.09. The van der Waals surface area contributed by atoms with Crippen molar-refractivity contribution in [2.45, 2.75) is 58.8 Å². The quantitative estimate of drug-likeness (QED) is 0.531. The van der Waals surface area contributed by atoms with Crippen LogP contribution in [0.25, 0.3) is 0 Å². The standard InChI is InChI=1S/C14H32N2/c1-5-9-14(10-6-2,13-16-4)11-7-8-12-15-3/h15-16H,5-13H2,1-4H3. The lowest BCUT2D eigenvalue weighted by Crippen LogP contribution is -2.32. The maximum atomic E-state index is 3.40. The van der Waals surface area contributed by atoms with Gasteiger partial charge in [-0.05, 0) is 51.7 Å². The molecule has 0 bridgehead atoms. The van der Waals surface area contributed by atoms with Crippen LogP contribution in [0.2, 0.25) is 0 Å². The van der Waals surface area contributed by atoms with Crippen molar-refractivity contribution in [3.8, 4) is 0 Å². The zero-order chi connectivity index (χ0) is 12.3. The Balaban J connectivity index is 4.12. The third-order valence-electron chi connectivity index (χ3n) is 3.50. The Morgan fingerprint density at radius 1 is 0.812 bits per heavy atom. The summed E-state index contributed by atoms with van der Waals surface area (Å²) in [6.45, 7) is 6.98. The molecule has 0 aliphatic heterocycles. The van der Waals surface area contributed by atoms with Crippen LogP contribution >= 0.6 is 0 Å². The van der Waals surface area contributed by atoms with Crippen LogP contribution in [-0.2, 0) is 0 Å². The van der Waals surface area contributed by atoms with E-state index in [1.165, 1.54) is 51.5 Å². The van der Waals surface area contributed by atoms with Gasteiger partial charge in [-0.25, -0.2) is 0 Å². The first-order valence-electron chi connectivity index (χ1n) is 7.04. The normalized spacial score (nSPS) is 12.0. The molecule has 0 aromatic heterocycles. The summed E-state index contributed by atoms with van der Waals surface area (Å²) in [5, 5.41) is 6.64. The lowest BCUT2D eigenvalue weighted by Gasteiger charge is -2.33. The van der Waals surface area contributed by atoms with Crippen LogP contribution in [-0.4, -0.2) is 27.2 Å². The molecule has 0 heterocycles. The number of unbranched alkanes of at least 4 members (excludes halogenated alkanes) is 1. The molecule has 0 aliphatic rings. The van der Waals surface area contributed by atoms with Gasteiger partial charge >= 0.3 is 0 Å². The van der Waals surface area contributed by atoms with E-state index < -0.39 is 0 Å². The van der Waals surface area contributed by atoms with E-state index in [1.54, 1.807) is 0 Å². The maximum Gasteiger partial charge on any atom is 0.000480 e. The summed E-state index contributed by atoms with van der Waals surface area (Å²) in [6, 6.07) is 0. The molecule has 0 saturated heterocycles. The summed E-state index contributed by atoms with van der Waals surface area (Å²) in [6.07, 6.45) is 9.44. The number of rotatable bonds is 11. The van der Waals surface area contributed by atoms with E-state index in [9.17, 15) is 0 Å². The van der Waals surface area contributed by atoms with Gasteiger partial charge in [0.25, 0.3) is 0 Å². The number of nitrogens with one attached hydrogen (secondary N) is 2. The molecule has 0 amide bonds.